The largest absolute Gasteiger partial charge is 0.364 e. The summed E-state index contributed by atoms with van der Waals surface area (Å²) in [7, 11) is 1.98. The van der Waals surface area contributed by atoms with E-state index in [1.165, 1.54) is 0 Å². The Morgan fingerprint density at radius 3 is 2.91 bits per heavy atom. The van der Waals surface area contributed by atoms with Gasteiger partial charge >= 0.3 is 0 Å². The first-order chi connectivity index (χ1) is 5.38. The highest BCUT2D eigenvalue weighted by molar-refractivity contribution is 5.53. The zero-order valence-corrected chi connectivity index (χ0v) is 6.19. The molecule has 56 valence electrons. The highest BCUT2D eigenvalue weighted by Gasteiger charge is 2.02. The number of rotatable bonds is 1. The topological polar surface area (TPSA) is 31.0 Å². The van der Waals surface area contributed by atoms with Crippen LogP contribution in [0.15, 0.2) is 35.2 Å². The molecular weight excluding hydrogens is 140 g/mol. The van der Waals surface area contributed by atoms with Crippen molar-refractivity contribution in [3.05, 3.63) is 30.7 Å². The molecule has 2 rings (SSSR count). The van der Waals surface area contributed by atoms with Crippen LogP contribution in [0, 0.1) is 0 Å². The van der Waals surface area contributed by atoms with Crippen LogP contribution >= 0.6 is 0 Å². The van der Waals surface area contributed by atoms with Crippen LogP contribution in [0.2, 0.25) is 0 Å². The van der Waals surface area contributed by atoms with Crippen LogP contribution < -0.4 is 0 Å². The summed E-state index contributed by atoms with van der Waals surface area (Å²) in [5.74, 6) is 0. The number of aryl methyl sites for hydroxylation is 1. The molecule has 0 spiro atoms. The number of nitrogens with zero attached hydrogens (tertiary/aromatic N) is 2. The predicted octanol–water partition coefficient (Wildman–Crippen LogP) is 1.68. The van der Waals surface area contributed by atoms with Gasteiger partial charge in [-0.25, -0.2) is 0 Å². The lowest BCUT2D eigenvalue weighted by molar-refractivity contribution is 0.422. The van der Waals surface area contributed by atoms with E-state index < -0.39 is 0 Å². The molecule has 0 saturated carbocycles. The van der Waals surface area contributed by atoms with Gasteiger partial charge in [0, 0.05) is 19.3 Å². The third-order valence-electron chi connectivity index (χ3n) is 1.64. The van der Waals surface area contributed by atoms with E-state index in [-0.39, 0.29) is 0 Å². The third-order valence-corrected chi connectivity index (χ3v) is 1.64. The molecule has 0 bridgehead atoms. The maximum Gasteiger partial charge on any atom is 0.130 e. The van der Waals surface area contributed by atoms with Crippen LogP contribution in [0.3, 0.4) is 0 Å². The first-order valence-electron chi connectivity index (χ1n) is 3.40. The summed E-state index contributed by atoms with van der Waals surface area (Å²) < 4.78 is 6.73. The summed E-state index contributed by atoms with van der Waals surface area (Å²) in [4.78, 5) is 0. The Balaban J connectivity index is 2.53. The summed E-state index contributed by atoms with van der Waals surface area (Å²) >= 11 is 0. The second kappa shape index (κ2) is 2.27. The first-order valence-corrected chi connectivity index (χ1v) is 3.40. The fourth-order valence-electron chi connectivity index (χ4n) is 1.07. The molecule has 3 nitrogen and oxygen atoms in total. The van der Waals surface area contributed by atoms with E-state index in [2.05, 4.69) is 5.16 Å². The number of hydrogen-bond donors (Lipinski definition) is 0. The van der Waals surface area contributed by atoms with Gasteiger partial charge in [-0.05, 0) is 12.1 Å². The van der Waals surface area contributed by atoms with Crippen molar-refractivity contribution in [3.8, 4) is 11.4 Å². The van der Waals surface area contributed by atoms with Crippen LogP contribution in [0.25, 0.3) is 11.4 Å². The molecule has 0 radical (unpaired) electrons. The zero-order valence-electron chi connectivity index (χ0n) is 6.19. The van der Waals surface area contributed by atoms with Crippen molar-refractivity contribution in [2.24, 2.45) is 7.05 Å². The number of aromatic nitrogens is 2. The Morgan fingerprint density at radius 2 is 2.36 bits per heavy atom. The average molecular weight is 148 g/mol. The van der Waals surface area contributed by atoms with Crippen LogP contribution in [-0.2, 0) is 7.05 Å². The smallest absolute Gasteiger partial charge is 0.130 e. The fraction of sp³-hybridized carbons (Fsp3) is 0.125. The van der Waals surface area contributed by atoms with Gasteiger partial charge in [0.25, 0.3) is 0 Å². The summed E-state index contributed by atoms with van der Waals surface area (Å²) in [6, 6.07) is 5.82. The van der Waals surface area contributed by atoms with Crippen molar-refractivity contribution in [2.75, 3.05) is 0 Å². The molecule has 0 N–H and O–H groups in total. The van der Waals surface area contributed by atoms with Crippen molar-refractivity contribution in [1.29, 1.82) is 0 Å². The van der Waals surface area contributed by atoms with Gasteiger partial charge in [-0.2, -0.15) is 0 Å². The molecule has 0 aliphatic carbocycles. The van der Waals surface area contributed by atoms with E-state index in [0.717, 1.165) is 11.4 Å². The van der Waals surface area contributed by atoms with Crippen molar-refractivity contribution >= 4 is 0 Å². The van der Waals surface area contributed by atoms with Crippen LogP contribution in [0.4, 0.5) is 0 Å². The van der Waals surface area contributed by atoms with Crippen LogP contribution in [-0.4, -0.2) is 9.72 Å². The van der Waals surface area contributed by atoms with E-state index in [1.807, 2.05) is 36.0 Å². The summed E-state index contributed by atoms with van der Waals surface area (Å²) in [6.07, 6.45) is 3.55. The molecule has 0 atom stereocenters. The lowest BCUT2D eigenvalue weighted by Gasteiger charge is -1.95. The fourth-order valence-corrected chi connectivity index (χ4v) is 1.07. The normalized spacial score (nSPS) is 10.3. The van der Waals surface area contributed by atoms with Gasteiger partial charge in [-0.3, -0.25) is 0 Å². The molecule has 2 aromatic heterocycles. The molecule has 2 aromatic rings. The van der Waals surface area contributed by atoms with E-state index in [1.54, 1.807) is 6.26 Å². The molecule has 0 amide bonds. The van der Waals surface area contributed by atoms with Crippen molar-refractivity contribution in [2.45, 2.75) is 0 Å². The second-order valence-corrected chi connectivity index (χ2v) is 2.39. The molecule has 0 aliphatic rings. The van der Waals surface area contributed by atoms with E-state index >= 15 is 0 Å². The van der Waals surface area contributed by atoms with Gasteiger partial charge in [0.05, 0.1) is 5.69 Å². The molecule has 11 heavy (non-hydrogen) atoms. The molecule has 2 heterocycles. The van der Waals surface area contributed by atoms with Gasteiger partial charge in [0.15, 0.2) is 0 Å². The minimum atomic E-state index is 0.873. The van der Waals surface area contributed by atoms with Gasteiger partial charge < -0.3 is 9.09 Å². The Morgan fingerprint density at radius 1 is 1.45 bits per heavy atom. The van der Waals surface area contributed by atoms with E-state index in [9.17, 15) is 0 Å². The lowest BCUT2D eigenvalue weighted by atomic mass is 10.3. The SMILES string of the molecule is Cn1cccc1-c1ccon1. The Bertz CT molecular complexity index is 335. The van der Waals surface area contributed by atoms with Gasteiger partial charge in [-0.15, -0.1) is 0 Å². The second-order valence-electron chi connectivity index (χ2n) is 2.39. The Hall–Kier alpha value is -1.51. The Kier molecular flexibility index (Phi) is 1.28. The lowest BCUT2D eigenvalue weighted by Crippen LogP contribution is -1.88. The third kappa shape index (κ3) is 0.941. The van der Waals surface area contributed by atoms with Crippen LogP contribution in [0.1, 0.15) is 0 Å². The summed E-state index contributed by atoms with van der Waals surface area (Å²) in [5, 5.41) is 3.82. The number of hydrogen-bond acceptors (Lipinski definition) is 2. The maximum absolute atomic E-state index is 4.73. The van der Waals surface area contributed by atoms with Crippen molar-refractivity contribution in [1.82, 2.24) is 9.72 Å². The van der Waals surface area contributed by atoms with Crippen LogP contribution in [0.5, 0.6) is 0 Å². The highest BCUT2D eigenvalue weighted by Crippen LogP contribution is 2.15. The molecule has 0 aromatic carbocycles. The minimum Gasteiger partial charge on any atom is -0.364 e. The van der Waals surface area contributed by atoms with E-state index in [4.69, 9.17) is 4.52 Å². The Labute approximate surface area is 64.2 Å². The summed E-state index contributed by atoms with van der Waals surface area (Å²) in [5.41, 5.74) is 1.94. The first kappa shape index (κ1) is 6.22. The molecule has 0 fully saturated rings. The van der Waals surface area contributed by atoms with Crippen molar-refractivity contribution in [3.63, 3.8) is 0 Å². The molecule has 0 saturated heterocycles. The average Bonchev–Trinajstić information content (AvgIpc) is 2.55. The quantitative estimate of drug-likeness (QED) is 0.616. The molecular formula is C8H8N2O. The van der Waals surface area contributed by atoms with Gasteiger partial charge in [-0.1, -0.05) is 5.16 Å². The maximum atomic E-state index is 4.73. The van der Waals surface area contributed by atoms with Gasteiger partial charge in [0.2, 0.25) is 0 Å². The predicted molar refractivity (Wildman–Crippen MR) is 40.9 cm³/mol. The standard InChI is InChI=1S/C8H8N2O/c1-10-5-2-3-8(10)7-4-6-11-9-7/h2-6H,1H3. The zero-order chi connectivity index (χ0) is 7.68. The van der Waals surface area contributed by atoms with Gasteiger partial charge in [0.1, 0.15) is 12.0 Å². The minimum absolute atomic E-state index is 0.873. The highest BCUT2D eigenvalue weighted by atomic mass is 16.5. The van der Waals surface area contributed by atoms with E-state index in [0.29, 0.717) is 0 Å². The molecule has 0 aliphatic heterocycles. The van der Waals surface area contributed by atoms with Crippen molar-refractivity contribution < 1.29 is 4.52 Å². The summed E-state index contributed by atoms with van der Waals surface area (Å²) in [6.45, 7) is 0. The molecule has 3 heteroatoms. The molecule has 0 unspecified atom stereocenters. The monoisotopic (exact) mass is 148 g/mol.